The molecule has 0 unspecified atom stereocenters. The molecule has 0 radical (unpaired) electrons. The predicted molar refractivity (Wildman–Crippen MR) is 101 cm³/mol. The standard InChI is InChI=1S/C18H13ClN2O4S/c1-24-12-5-3-11(4-6-12)17(23)25-14-7-2-10(8-13(14)19)9-15-16(22)21-18(20)26-15/h2-9H,1H3,(H2,20,21,22). The molecule has 1 heterocycles. The number of amidine groups is 1. The molecule has 0 saturated carbocycles. The first-order valence-electron chi connectivity index (χ1n) is 7.41. The summed E-state index contributed by atoms with van der Waals surface area (Å²) in [5, 5.41) is 10.1. The first-order valence-corrected chi connectivity index (χ1v) is 8.61. The summed E-state index contributed by atoms with van der Waals surface area (Å²) in [6, 6.07) is 11.3. The molecule has 26 heavy (non-hydrogen) atoms. The van der Waals surface area contributed by atoms with Crippen LogP contribution in [0.3, 0.4) is 0 Å². The van der Waals surface area contributed by atoms with Crippen molar-refractivity contribution in [1.29, 1.82) is 5.41 Å². The number of carbonyl (C=O) groups excluding carboxylic acids is 2. The average molecular weight is 389 g/mol. The second-order valence-electron chi connectivity index (χ2n) is 5.20. The Morgan fingerprint density at radius 1 is 1.23 bits per heavy atom. The number of methoxy groups -OCH3 is 1. The van der Waals surface area contributed by atoms with E-state index in [1.807, 2.05) is 0 Å². The zero-order valence-electron chi connectivity index (χ0n) is 13.5. The van der Waals surface area contributed by atoms with Crippen molar-refractivity contribution in [1.82, 2.24) is 5.32 Å². The Morgan fingerprint density at radius 3 is 2.54 bits per heavy atom. The second-order valence-corrected chi connectivity index (χ2v) is 6.66. The molecule has 0 spiro atoms. The van der Waals surface area contributed by atoms with Gasteiger partial charge in [-0.1, -0.05) is 17.7 Å². The molecule has 0 bridgehead atoms. The van der Waals surface area contributed by atoms with Crippen LogP contribution in [0.15, 0.2) is 47.4 Å². The quantitative estimate of drug-likeness (QED) is 0.473. The van der Waals surface area contributed by atoms with E-state index in [9.17, 15) is 9.59 Å². The lowest BCUT2D eigenvalue weighted by molar-refractivity contribution is -0.115. The Kier molecular flexibility index (Phi) is 5.29. The maximum atomic E-state index is 12.2. The van der Waals surface area contributed by atoms with Crippen molar-refractivity contribution in [3.05, 3.63) is 63.5 Å². The molecular weight excluding hydrogens is 376 g/mol. The summed E-state index contributed by atoms with van der Waals surface area (Å²) in [6.07, 6.45) is 1.61. The summed E-state index contributed by atoms with van der Waals surface area (Å²) in [5.41, 5.74) is 1.03. The minimum absolute atomic E-state index is 0.0809. The monoisotopic (exact) mass is 388 g/mol. The van der Waals surface area contributed by atoms with Gasteiger partial charge >= 0.3 is 5.97 Å². The van der Waals surface area contributed by atoms with Crippen molar-refractivity contribution in [3.63, 3.8) is 0 Å². The van der Waals surface area contributed by atoms with Crippen LogP contribution in [0.4, 0.5) is 0 Å². The molecule has 132 valence electrons. The number of rotatable bonds is 4. The smallest absolute Gasteiger partial charge is 0.343 e. The molecule has 2 aromatic carbocycles. The van der Waals surface area contributed by atoms with E-state index in [1.165, 1.54) is 0 Å². The SMILES string of the molecule is COc1ccc(C(=O)Oc2ccc(C=C3SC(=N)NC3=O)cc2Cl)cc1. The van der Waals surface area contributed by atoms with E-state index in [1.54, 1.807) is 55.7 Å². The van der Waals surface area contributed by atoms with Gasteiger partial charge < -0.3 is 14.8 Å². The minimum atomic E-state index is -0.542. The Morgan fingerprint density at radius 2 is 1.96 bits per heavy atom. The van der Waals surface area contributed by atoms with E-state index in [-0.39, 0.29) is 21.8 Å². The fourth-order valence-electron chi connectivity index (χ4n) is 2.17. The van der Waals surface area contributed by atoms with Gasteiger partial charge in [0.2, 0.25) is 0 Å². The zero-order valence-corrected chi connectivity index (χ0v) is 15.1. The molecule has 1 fully saturated rings. The molecule has 3 rings (SSSR count). The Bertz CT molecular complexity index is 925. The molecule has 1 aliphatic rings. The van der Waals surface area contributed by atoms with E-state index >= 15 is 0 Å². The molecule has 2 N–H and O–H groups in total. The van der Waals surface area contributed by atoms with Crippen LogP contribution in [0.25, 0.3) is 6.08 Å². The van der Waals surface area contributed by atoms with E-state index in [0.29, 0.717) is 21.8 Å². The van der Waals surface area contributed by atoms with Crippen molar-refractivity contribution in [2.75, 3.05) is 7.11 Å². The highest BCUT2D eigenvalue weighted by atomic mass is 35.5. The van der Waals surface area contributed by atoms with Crippen LogP contribution in [0.2, 0.25) is 5.02 Å². The van der Waals surface area contributed by atoms with Gasteiger partial charge in [0.25, 0.3) is 5.91 Å². The third kappa shape index (κ3) is 4.07. The molecule has 0 atom stereocenters. The molecular formula is C18H13ClN2O4S. The van der Waals surface area contributed by atoms with Gasteiger partial charge in [-0.05, 0) is 59.8 Å². The van der Waals surface area contributed by atoms with Crippen LogP contribution in [0.5, 0.6) is 11.5 Å². The van der Waals surface area contributed by atoms with Gasteiger partial charge in [-0.2, -0.15) is 0 Å². The van der Waals surface area contributed by atoms with Gasteiger partial charge in [0, 0.05) is 0 Å². The zero-order chi connectivity index (χ0) is 18.7. The number of halogens is 1. The number of benzene rings is 2. The number of hydrogen-bond donors (Lipinski definition) is 2. The number of carbonyl (C=O) groups is 2. The van der Waals surface area contributed by atoms with Crippen molar-refractivity contribution in [3.8, 4) is 11.5 Å². The van der Waals surface area contributed by atoms with E-state index < -0.39 is 5.97 Å². The van der Waals surface area contributed by atoms with Gasteiger partial charge in [0.05, 0.1) is 22.6 Å². The summed E-state index contributed by atoms with van der Waals surface area (Å²) in [6.45, 7) is 0. The van der Waals surface area contributed by atoms with E-state index in [4.69, 9.17) is 26.5 Å². The van der Waals surface area contributed by atoms with Gasteiger partial charge in [-0.3, -0.25) is 10.2 Å². The van der Waals surface area contributed by atoms with Crippen LogP contribution in [0.1, 0.15) is 15.9 Å². The highest BCUT2D eigenvalue weighted by molar-refractivity contribution is 8.18. The minimum Gasteiger partial charge on any atom is -0.497 e. The van der Waals surface area contributed by atoms with Crippen molar-refractivity contribution in [2.24, 2.45) is 0 Å². The maximum absolute atomic E-state index is 12.2. The number of nitrogens with one attached hydrogen (secondary N) is 2. The van der Waals surface area contributed by atoms with Gasteiger partial charge in [0.15, 0.2) is 5.17 Å². The fourth-order valence-corrected chi connectivity index (χ4v) is 3.10. The number of ether oxygens (including phenoxy) is 2. The molecule has 6 nitrogen and oxygen atoms in total. The Labute approximate surface area is 158 Å². The van der Waals surface area contributed by atoms with Gasteiger partial charge in [-0.15, -0.1) is 0 Å². The van der Waals surface area contributed by atoms with Crippen molar-refractivity contribution >= 4 is 46.5 Å². The third-order valence-electron chi connectivity index (χ3n) is 3.44. The Hall–Kier alpha value is -2.77. The number of esters is 1. The molecule has 1 aliphatic heterocycles. The van der Waals surface area contributed by atoms with E-state index in [0.717, 1.165) is 11.8 Å². The number of thioether (sulfide) groups is 1. The summed E-state index contributed by atoms with van der Waals surface area (Å²) < 4.78 is 10.4. The molecule has 2 aromatic rings. The van der Waals surface area contributed by atoms with Gasteiger partial charge in [-0.25, -0.2) is 4.79 Å². The normalized spacial score (nSPS) is 15.1. The first kappa shape index (κ1) is 18.0. The van der Waals surface area contributed by atoms with Crippen LogP contribution in [-0.2, 0) is 4.79 Å². The highest BCUT2D eigenvalue weighted by Crippen LogP contribution is 2.30. The fraction of sp³-hybridized carbons (Fsp3) is 0.0556. The van der Waals surface area contributed by atoms with Crippen LogP contribution in [0, 0.1) is 5.41 Å². The van der Waals surface area contributed by atoms with Crippen LogP contribution < -0.4 is 14.8 Å². The summed E-state index contributed by atoms with van der Waals surface area (Å²) in [5.74, 6) is -0.0178. The highest BCUT2D eigenvalue weighted by Gasteiger charge is 2.22. The van der Waals surface area contributed by atoms with Crippen molar-refractivity contribution < 1.29 is 19.1 Å². The van der Waals surface area contributed by atoms with E-state index in [2.05, 4.69) is 5.32 Å². The molecule has 1 amide bonds. The lowest BCUT2D eigenvalue weighted by Crippen LogP contribution is -2.18. The predicted octanol–water partition coefficient (Wildman–Crippen LogP) is 3.71. The third-order valence-corrected chi connectivity index (χ3v) is 4.57. The molecule has 0 aliphatic carbocycles. The lowest BCUT2D eigenvalue weighted by atomic mass is 10.2. The van der Waals surface area contributed by atoms with Gasteiger partial charge in [0.1, 0.15) is 11.5 Å². The summed E-state index contributed by atoms with van der Waals surface area (Å²) in [4.78, 5) is 24.2. The number of amides is 1. The molecule has 1 saturated heterocycles. The maximum Gasteiger partial charge on any atom is 0.343 e. The van der Waals surface area contributed by atoms with Crippen LogP contribution in [-0.4, -0.2) is 24.2 Å². The van der Waals surface area contributed by atoms with Crippen molar-refractivity contribution in [2.45, 2.75) is 0 Å². The van der Waals surface area contributed by atoms with Crippen LogP contribution >= 0.6 is 23.4 Å². The second kappa shape index (κ2) is 7.63. The summed E-state index contributed by atoms with van der Waals surface area (Å²) in [7, 11) is 1.54. The lowest BCUT2D eigenvalue weighted by Gasteiger charge is -2.08. The largest absolute Gasteiger partial charge is 0.497 e. The first-order chi connectivity index (χ1) is 12.5. The molecule has 0 aromatic heterocycles. The topological polar surface area (TPSA) is 88.5 Å². The average Bonchev–Trinajstić information content (AvgIpc) is 2.94. The summed E-state index contributed by atoms with van der Waals surface area (Å²) >= 11 is 7.22. The number of hydrogen-bond acceptors (Lipinski definition) is 6. The molecule has 8 heteroatoms. The Balaban J connectivity index is 1.75.